The quantitative estimate of drug-likeness (QED) is 0.155. The van der Waals surface area contributed by atoms with Gasteiger partial charge in [-0.1, -0.05) is 60.1 Å². The molecule has 3 aromatic carbocycles. The third-order valence-electron chi connectivity index (χ3n) is 8.37. The van der Waals surface area contributed by atoms with Gasteiger partial charge in [-0.25, -0.2) is 9.97 Å². The number of halogens is 1. The molecule has 0 bridgehead atoms. The van der Waals surface area contributed by atoms with Crippen LogP contribution in [0.2, 0.25) is 0 Å². The number of methoxy groups -OCH3 is 2. The van der Waals surface area contributed by atoms with Crippen molar-refractivity contribution in [3.63, 3.8) is 0 Å². The Hall–Kier alpha value is -4.70. The normalized spacial score (nSPS) is 12.1. The fraction of sp³-hybridized carbons (Fsp3) is 0.278. The Morgan fingerprint density at radius 1 is 0.978 bits per heavy atom. The minimum Gasteiger partial charge on any atom is -0.497 e. The number of ether oxygens (including phenoxy) is 2. The van der Waals surface area contributed by atoms with Gasteiger partial charge in [0.15, 0.2) is 5.69 Å². The minimum absolute atomic E-state index is 0.212. The molecule has 10 heteroatoms. The van der Waals surface area contributed by atoms with E-state index in [0.717, 1.165) is 86.5 Å². The van der Waals surface area contributed by atoms with E-state index < -0.39 is 0 Å². The van der Waals surface area contributed by atoms with E-state index in [4.69, 9.17) is 19.6 Å². The van der Waals surface area contributed by atoms with Crippen molar-refractivity contribution in [1.29, 1.82) is 0 Å². The van der Waals surface area contributed by atoms with Crippen LogP contribution < -0.4 is 20.1 Å². The topological polar surface area (TPSA) is 103 Å². The van der Waals surface area contributed by atoms with E-state index in [1.807, 2.05) is 53.3 Å². The summed E-state index contributed by atoms with van der Waals surface area (Å²) in [6.45, 7) is 4.66. The lowest BCUT2D eigenvalue weighted by Crippen LogP contribution is -2.17. The van der Waals surface area contributed by atoms with Crippen molar-refractivity contribution in [2.24, 2.45) is 0 Å². The molecule has 0 aliphatic heterocycles. The Bertz CT molecular complexity index is 1860. The molecule has 2 aromatic heterocycles. The molecule has 0 spiro atoms. The van der Waals surface area contributed by atoms with E-state index in [2.05, 4.69) is 63.6 Å². The predicted molar refractivity (Wildman–Crippen MR) is 185 cm³/mol. The van der Waals surface area contributed by atoms with Gasteiger partial charge in [-0.15, -0.1) is 0 Å². The van der Waals surface area contributed by atoms with E-state index in [-0.39, 0.29) is 5.91 Å². The molecule has 2 N–H and O–H groups in total. The summed E-state index contributed by atoms with van der Waals surface area (Å²) in [5, 5.41) is 11.6. The maximum Gasteiger partial charge on any atom is 0.276 e. The van der Waals surface area contributed by atoms with E-state index in [0.29, 0.717) is 30.4 Å². The van der Waals surface area contributed by atoms with Crippen LogP contribution in [0.3, 0.4) is 0 Å². The Balaban J connectivity index is 1.46. The molecule has 9 nitrogen and oxygen atoms in total. The SMILES string of the molecule is CCc1cccc(CC)c1NC(=O)c1nn(Cc2ccc(OC)cc2)c2c1CCCc1cnc(Nc3ccc(Br)cc3OC)nc1-2. The number of hydrogen-bond acceptors (Lipinski definition) is 7. The molecular weight excluding hydrogens is 644 g/mol. The van der Waals surface area contributed by atoms with E-state index in [1.165, 1.54) is 0 Å². The van der Waals surface area contributed by atoms with Crippen LogP contribution in [0.4, 0.5) is 17.3 Å². The molecule has 0 radical (unpaired) electrons. The first-order chi connectivity index (χ1) is 22.4. The number of anilines is 3. The third-order valence-corrected chi connectivity index (χ3v) is 8.86. The number of fused-ring (bicyclic) bond motifs is 3. The zero-order valence-electron chi connectivity index (χ0n) is 26.5. The first kappa shape index (κ1) is 31.3. The maximum absolute atomic E-state index is 14.1. The molecular formula is C36H37BrN6O3. The van der Waals surface area contributed by atoms with E-state index in [9.17, 15) is 4.79 Å². The van der Waals surface area contributed by atoms with Crippen molar-refractivity contribution in [3.8, 4) is 22.9 Å². The van der Waals surface area contributed by atoms with E-state index in [1.54, 1.807) is 14.2 Å². The van der Waals surface area contributed by atoms with Crippen LogP contribution in [0.25, 0.3) is 11.4 Å². The minimum atomic E-state index is -0.212. The monoisotopic (exact) mass is 680 g/mol. The number of aryl methyl sites for hydroxylation is 3. The fourth-order valence-corrected chi connectivity index (χ4v) is 6.32. The molecule has 236 valence electrons. The molecule has 1 aliphatic rings. The maximum atomic E-state index is 14.1. The van der Waals surface area contributed by atoms with Gasteiger partial charge >= 0.3 is 0 Å². The molecule has 46 heavy (non-hydrogen) atoms. The largest absolute Gasteiger partial charge is 0.497 e. The number of rotatable bonds is 10. The lowest BCUT2D eigenvalue weighted by molar-refractivity contribution is 0.102. The van der Waals surface area contributed by atoms with Crippen molar-refractivity contribution < 1.29 is 14.3 Å². The Labute approximate surface area is 277 Å². The molecule has 0 fully saturated rings. The number of nitrogens with zero attached hydrogens (tertiary/aromatic N) is 4. The molecule has 1 aliphatic carbocycles. The van der Waals surface area contributed by atoms with Crippen molar-refractivity contribution in [1.82, 2.24) is 19.7 Å². The number of carbonyl (C=O) groups is 1. The van der Waals surface area contributed by atoms with Crippen LogP contribution in [0.5, 0.6) is 11.5 Å². The van der Waals surface area contributed by atoms with Gasteiger partial charge in [0.1, 0.15) is 11.5 Å². The number of aromatic nitrogens is 4. The average molecular weight is 682 g/mol. The molecule has 0 atom stereocenters. The average Bonchev–Trinajstić information content (AvgIpc) is 3.32. The molecule has 0 saturated carbocycles. The second-order valence-electron chi connectivity index (χ2n) is 11.2. The summed E-state index contributed by atoms with van der Waals surface area (Å²) in [6.07, 6.45) is 5.83. The lowest BCUT2D eigenvalue weighted by Gasteiger charge is -2.14. The first-order valence-corrected chi connectivity index (χ1v) is 16.3. The molecule has 2 heterocycles. The van der Waals surface area contributed by atoms with Gasteiger partial charge in [0.05, 0.1) is 37.8 Å². The molecule has 5 aromatic rings. The summed E-state index contributed by atoms with van der Waals surface area (Å²) in [7, 11) is 3.28. The summed E-state index contributed by atoms with van der Waals surface area (Å²) in [6, 6.07) is 19.8. The van der Waals surface area contributed by atoms with Crippen LogP contribution >= 0.6 is 15.9 Å². The number of amides is 1. The van der Waals surface area contributed by atoms with Crippen molar-refractivity contribution in [2.75, 3.05) is 24.9 Å². The van der Waals surface area contributed by atoms with Crippen LogP contribution in [0.15, 0.2) is 71.3 Å². The van der Waals surface area contributed by atoms with Gasteiger partial charge in [-0.3, -0.25) is 9.48 Å². The van der Waals surface area contributed by atoms with Gasteiger partial charge in [0, 0.05) is 21.9 Å². The van der Waals surface area contributed by atoms with Gasteiger partial charge in [0.2, 0.25) is 5.95 Å². The second kappa shape index (κ2) is 13.7. The van der Waals surface area contributed by atoms with Crippen LogP contribution in [0, 0.1) is 0 Å². The van der Waals surface area contributed by atoms with Gasteiger partial charge in [-0.2, -0.15) is 5.10 Å². The van der Waals surface area contributed by atoms with E-state index >= 15 is 0 Å². The first-order valence-electron chi connectivity index (χ1n) is 15.5. The third kappa shape index (κ3) is 6.35. The summed E-state index contributed by atoms with van der Waals surface area (Å²) >= 11 is 3.50. The lowest BCUT2D eigenvalue weighted by atomic mass is 10.0. The molecule has 6 rings (SSSR count). The second-order valence-corrected chi connectivity index (χ2v) is 12.1. The molecule has 0 saturated heterocycles. The summed E-state index contributed by atoms with van der Waals surface area (Å²) in [4.78, 5) is 23.8. The van der Waals surface area contributed by atoms with Crippen molar-refractivity contribution in [2.45, 2.75) is 52.5 Å². The fourth-order valence-electron chi connectivity index (χ4n) is 5.98. The highest BCUT2D eigenvalue weighted by molar-refractivity contribution is 9.10. The number of carbonyl (C=O) groups excluding carboxylic acids is 1. The smallest absolute Gasteiger partial charge is 0.276 e. The van der Waals surface area contributed by atoms with Crippen molar-refractivity contribution >= 4 is 39.2 Å². The zero-order valence-corrected chi connectivity index (χ0v) is 28.1. The summed E-state index contributed by atoms with van der Waals surface area (Å²) in [5.41, 5.74) is 8.79. The number of para-hydroxylation sites is 1. The number of hydrogen-bond donors (Lipinski definition) is 2. The Morgan fingerprint density at radius 3 is 2.43 bits per heavy atom. The number of benzene rings is 3. The predicted octanol–water partition coefficient (Wildman–Crippen LogP) is 7.78. The summed E-state index contributed by atoms with van der Waals surface area (Å²) < 4.78 is 13.8. The van der Waals surface area contributed by atoms with Gasteiger partial charge < -0.3 is 20.1 Å². The highest BCUT2D eigenvalue weighted by Gasteiger charge is 2.29. The molecule has 1 amide bonds. The van der Waals surface area contributed by atoms with Crippen LogP contribution in [0.1, 0.15) is 58.6 Å². The van der Waals surface area contributed by atoms with Crippen molar-refractivity contribution in [3.05, 3.63) is 105 Å². The van der Waals surface area contributed by atoms with Crippen LogP contribution in [-0.2, 0) is 32.2 Å². The Morgan fingerprint density at radius 2 is 1.74 bits per heavy atom. The van der Waals surface area contributed by atoms with Gasteiger partial charge in [-0.05, 0) is 84.7 Å². The zero-order chi connectivity index (χ0) is 32.2. The molecule has 0 unspecified atom stereocenters. The standard InChI is InChI=1S/C36H37BrN6O3/c1-5-23-9-7-10-24(6-2)31(23)40-35(44)33-28-12-8-11-25-20-38-36(39-29-18-15-26(37)19-30(29)46-4)41-32(25)34(28)43(42-33)21-22-13-16-27(45-3)17-14-22/h7,9-10,13-20H,5-6,8,11-12,21H2,1-4H3,(H,40,44)(H,38,39,41). The van der Waals surface area contributed by atoms with Crippen LogP contribution in [-0.4, -0.2) is 39.9 Å². The highest BCUT2D eigenvalue weighted by atomic mass is 79.9. The number of nitrogens with one attached hydrogen (secondary N) is 2. The summed E-state index contributed by atoms with van der Waals surface area (Å²) in [5.74, 6) is 1.66. The Kier molecular flexibility index (Phi) is 9.35. The van der Waals surface area contributed by atoms with Gasteiger partial charge in [0.25, 0.3) is 5.91 Å². The highest BCUT2D eigenvalue weighted by Crippen LogP contribution is 2.36.